The number of aryl methyl sites for hydroxylation is 1. The largest absolute Gasteiger partial charge is 0.369 e. The number of aromatic nitrogens is 2. The van der Waals surface area contributed by atoms with Crippen molar-refractivity contribution in [2.75, 3.05) is 41.7 Å². The van der Waals surface area contributed by atoms with Gasteiger partial charge in [0.2, 0.25) is 11.9 Å². The Hall–Kier alpha value is -3.97. The van der Waals surface area contributed by atoms with E-state index in [1.807, 2.05) is 42.6 Å². The van der Waals surface area contributed by atoms with Gasteiger partial charge in [-0.1, -0.05) is 30.3 Å². The number of benzene rings is 3. The van der Waals surface area contributed by atoms with Crippen molar-refractivity contribution in [3.63, 3.8) is 0 Å². The molecule has 5 rings (SSSR count). The highest BCUT2D eigenvalue weighted by atomic mass is 16.1. The first-order valence-corrected chi connectivity index (χ1v) is 11.5. The molecular weight excluding hydrogens is 424 g/mol. The Morgan fingerprint density at radius 1 is 1.00 bits per heavy atom. The van der Waals surface area contributed by atoms with Crippen LogP contribution in [0.1, 0.15) is 12.5 Å². The van der Waals surface area contributed by atoms with Crippen molar-refractivity contribution in [2.24, 2.45) is 0 Å². The fraction of sp³-hybridized carbons (Fsp3) is 0.222. The molecule has 172 valence electrons. The molecule has 0 atom stereocenters. The number of amides is 1. The standard InChI is InChI=1S/C27H28N6O/c1-18-16-23(10-11-25(18)33-14-12-28-13-15-33)31-27-29-17-21-4-3-5-24(26(21)32-27)20-6-8-22(9-7-20)30-19(2)34/h3-11,16-17,28H,12-15H2,1-2H3,(H,30,34)(H,29,31,32). The zero-order valence-electron chi connectivity index (χ0n) is 19.4. The van der Waals surface area contributed by atoms with Crippen LogP contribution in [0.5, 0.6) is 0 Å². The second-order valence-electron chi connectivity index (χ2n) is 8.56. The Kier molecular flexibility index (Phi) is 6.10. The average Bonchev–Trinajstić information content (AvgIpc) is 2.84. The zero-order valence-corrected chi connectivity index (χ0v) is 19.4. The second kappa shape index (κ2) is 9.49. The molecule has 3 N–H and O–H groups in total. The van der Waals surface area contributed by atoms with Crippen molar-refractivity contribution in [2.45, 2.75) is 13.8 Å². The molecule has 3 aromatic carbocycles. The number of carbonyl (C=O) groups is 1. The van der Waals surface area contributed by atoms with Crippen LogP contribution in [0.4, 0.5) is 23.0 Å². The lowest BCUT2D eigenvalue weighted by Crippen LogP contribution is -2.43. The third kappa shape index (κ3) is 4.70. The van der Waals surface area contributed by atoms with Gasteiger partial charge in [0, 0.05) is 67.3 Å². The van der Waals surface area contributed by atoms with Gasteiger partial charge in [0.05, 0.1) is 5.52 Å². The summed E-state index contributed by atoms with van der Waals surface area (Å²) in [5.41, 5.74) is 7.16. The molecule has 7 nitrogen and oxygen atoms in total. The van der Waals surface area contributed by atoms with E-state index in [9.17, 15) is 4.79 Å². The molecule has 0 aliphatic carbocycles. The number of hydrogen-bond acceptors (Lipinski definition) is 6. The Labute approximate surface area is 199 Å². The molecule has 0 bridgehead atoms. The maximum Gasteiger partial charge on any atom is 0.227 e. The summed E-state index contributed by atoms with van der Waals surface area (Å²) in [6.45, 7) is 7.73. The molecule has 0 radical (unpaired) electrons. The lowest BCUT2D eigenvalue weighted by atomic mass is 10.0. The fourth-order valence-electron chi connectivity index (χ4n) is 4.41. The molecule has 1 aromatic heterocycles. The fourth-order valence-corrected chi connectivity index (χ4v) is 4.41. The predicted octanol–water partition coefficient (Wildman–Crippen LogP) is 4.72. The molecule has 4 aromatic rings. The first kappa shape index (κ1) is 21.9. The average molecular weight is 453 g/mol. The van der Waals surface area contributed by atoms with E-state index < -0.39 is 0 Å². The molecule has 0 unspecified atom stereocenters. The van der Waals surface area contributed by atoms with Crippen LogP contribution in [0.25, 0.3) is 22.0 Å². The monoisotopic (exact) mass is 452 g/mol. The van der Waals surface area contributed by atoms with Gasteiger partial charge >= 0.3 is 0 Å². The van der Waals surface area contributed by atoms with Crippen molar-refractivity contribution in [3.8, 4) is 11.1 Å². The highest BCUT2D eigenvalue weighted by Crippen LogP contribution is 2.30. The van der Waals surface area contributed by atoms with Gasteiger partial charge in [-0.15, -0.1) is 0 Å². The van der Waals surface area contributed by atoms with E-state index in [1.54, 1.807) is 0 Å². The Bertz CT molecular complexity index is 1330. The molecule has 2 heterocycles. The van der Waals surface area contributed by atoms with E-state index in [0.717, 1.165) is 59.6 Å². The summed E-state index contributed by atoms with van der Waals surface area (Å²) in [7, 11) is 0. The third-order valence-electron chi connectivity index (χ3n) is 6.04. The normalized spacial score (nSPS) is 13.6. The SMILES string of the molecule is CC(=O)Nc1ccc(-c2cccc3cnc(Nc4ccc(N5CCNCC5)c(C)c4)nc23)cc1. The minimum atomic E-state index is -0.0856. The first-order valence-electron chi connectivity index (χ1n) is 11.5. The predicted molar refractivity (Wildman–Crippen MR) is 139 cm³/mol. The van der Waals surface area contributed by atoms with Gasteiger partial charge in [-0.05, 0) is 48.4 Å². The van der Waals surface area contributed by atoms with Crippen LogP contribution in [0.15, 0.2) is 66.9 Å². The van der Waals surface area contributed by atoms with Crippen LogP contribution in [0, 0.1) is 6.92 Å². The summed E-state index contributed by atoms with van der Waals surface area (Å²) < 4.78 is 0. The van der Waals surface area contributed by atoms with Gasteiger partial charge in [0.1, 0.15) is 0 Å². The molecule has 0 saturated carbocycles. The second-order valence-corrected chi connectivity index (χ2v) is 8.56. The van der Waals surface area contributed by atoms with Crippen molar-refractivity contribution in [1.82, 2.24) is 15.3 Å². The number of hydrogen-bond donors (Lipinski definition) is 3. The van der Waals surface area contributed by atoms with E-state index in [0.29, 0.717) is 5.95 Å². The van der Waals surface area contributed by atoms with Crippen molar-refractivity contribution in [3.05, 3.63) is 72.4 Å². The van der Waals surface area contributed by atoms with Crippen LogP contribution >= 0.6 is 0 Å². The topological polar surface area (TPSA) is 82.2 Å². The number of carbonyl (C=O) groups excluding carboxylic acids is 1. The van der Waals surface area contributed by atoms with Crippen molar-refractivity contribution < 1.29 is 4.79 Å². The molecule has 1 amide bonds. The molecule has 0 spiro atoms. The lowest BCUT2D eigenvalue weighted by Gasteiger charge is -2.30. The Morgan fingerprint density at radius 3 is 2.50 bits per heavy atom. The number of nitrogens with zero attached hydrogens (tertiary/aromatic N) is 3. The number of para-hydroxylation sites is 1. The molecule has 1 aliphatic heterocycles. The molecule has 1 saturated heterocycles. The molecule has 34 heavy (non-hydrogen) atoms. The molecule has 1 aliphatic rings. The lowest BCUT2D eigenvalue weighted by molar-refractivity contribution is -0.114. The quantitative estimate of drug-likeness (QED) is 0.407. The molecule has 7 heteroatoms. The maximum absolute atomic E-state index is 11.3. The summed E-state index contributed by atoms with van der Waals surface area (Å²) in [5, 5.41) is 10.6. The Morgan fingerprint density at radius 2 is 1.76 bits per heavy atom. The summed E-state index contributed by atoms with van der Waals surface area (Å²) in [6, 6.07) is 20.3. The van der Waals surface area contributed by atoms with E-state index in [4.69, 9.17) is 4.98 Å². The van der Waals surface area contributed by atoms with Crippen molar-refractivity contribution in [1.29, 1.82) is 0 Å². The van der Waals surface area contributed by atoms with Crippen LogP contribution in [0.2, 0.25) is 0 Å². The first-order chi connectivity index (χ1) is 16.6. The van der Waals surface area contributed by atoms with Crippen LogP contribution in [-0.2, 0) is 4.79 Å². The number of fused-ring (bicyclic) bond motifs is 1. The van der Waals surface area contributed by atoms with Gasteiger partial charge in [-0.2, -0.15) is 0 Å². The molecule has 1 fully saturated rings. The highest BCUT2D eigenvalue weighted by molar-refractivity contribution is 5.94. The van der Waals surface area contributed by atoms with Gasteiger partial charge in [-0.3, -0.25) is 4.79 Å². The van der Waals surface area contributed by atoms with E-state index in [-0.39, 0.29) is 5.91 Å². The number of anilines is 4. The summed E-state index contributed by atoms with van der Waals surface area (Å²) in [5.74, 6) is 0.474. The zero-order chi connectivity index (χ0) is 23.5. The van der Waals surface area contributed by atoms with Gasteiger partial charge in [0.15, 0.2) is 0 Å². The molecular formula is C27H28N6O. The highest BCUT2D eigenvalue weighted by Gasteiger charge is 2.13. The van der Waals surface area contributed by atoms with Gasteiger partial charge in [0.25, 0.3) is 0 Å². The van der Waals surface area contributed by atoms with Crippen LogP contribution < -0.4 is 20.9 Å². The summed E-state index contributed by atoms with van der Waals surface area (Å²) in [4.78, 5) is 23.1. The van der Waals surface area contributed by atoms with E-state index in [2.05, 4.69) is 57.0 Å². The minimum Gasteiger partial charge on any atom is -0.369 e. The summed E-state index contributed by atoms with van der Waals surface area (Å²) in [6.07, 6.45) is 1.85. The third-order valence-corrected chi connectivity index (χ3v) is 6.04. The van der Waals surface area contributed by atoms with Crippen LogP contribution in [0.3, 0.4) is 0 Å². The van der Waals surface area contributed by atoms with E-state index in [1.165, 1.54) is 18.2 Å². The minimum absolute atomic E-state index is 0.0856. The summed E-state index contributed by atoms with van der Waals surface area (Å²) >= 11 is 0. The van der Waals surface area contributed by atoms with Gasteiger partial charge in [-0.25, -0.2) is 9.97 Å². The number of rotatable bonds is 5. The van der Waals surface area contributed by atoms with Gasteiger partial charge < -0.3 is 20.9 Å². The van der Waals surface area contributed by atoms with E-state index >= 15 is 0 Å². The van der Waals surface area contributed by atoms with Crippen LogP contribution in [-0.4, -0.2) is 42.1 Å². The number of piperazine rings is 1. The van der Waals surface area contributed by atoms with Crippen molar-refractivity contribution >= 4 is 39.8 Å². The number of nitrogens with one attached hydrogen (secondary N) is 3. The Balaban J connectivity index is 1.42. The smallest absolute Gasteiger partial charge is 0.227 e. The maximum atomic E-state index is 11.3.